The lowest BCUT2D eigenvalue weighted by Crippen LogP contribution is -2.45. The number of amides is 1. The molecule has 1 saturated heterocycles. The maximum absolute atomic E-state index is 12.4. The van der Waals surface area contributed by atoms with Crippen molar-refractivity contribution in [2.45, 2.75) is 18.9 Å². The molecule has 2 N–H and O–H groups in total. The Balaban J connectivity index is 1.67. The Labute approximate surface area is 165 Å². The summed E-state index contributed by atoms with van der Waals surface area (Å²) in [4.78, 5) is 35.3. The predicted molar refractivity (Wildman–Crippen MR) is 111 cm³/mol. The molecule has 2 aromatic rings. The van der Waals surface area contributed by atoms with Crippen molar-refractivity contribution in [1.82, 2.24) is 19.8 Å². The molecule has 1 aliphatic rings. The number of carbonyl (C=O) groups excluding carboxylic acids is 1. The van der Waals surface area contributed by atoms with Gasteiger partial charge in [-0.15, -0.1) is 0 Å². The maximum atomic E-state index is 12.4. The Kier molecular flexibility index (Phi) is 6.60. The fraction of sp³-hybridized carbons (Fsp3) is 0.381. The van der Waals surface area contributed by atoms with Crippen molar-refractivity contribution in [3.63, 3.8) is 0 Å². The summed E-state index contributed by atoms with van der Waals surface area (Å²) >= 11 is 0. The first-order valence-corrected chi connectivity index (χ1v) is 9.53. The lowest BCUT2D eigenvalue weighted by molar-refractivity contribution is -0.127. The van der Waals surface area contributed by atoms with E-state index in [0.29, 0.717) is 12.2 Å². The molecule has 28 heavy (non-hydrogen) atoms. The van der Waals surface area contributed by atoms with Crippen molar-refractivity contribution in [2.24, 2.45) is 0 Å². The van der Waals surface area contributed by atoms with Gasteiger partial charge in [0.25, 0.3) is 5.56 Å². The van der Waals surface area contributed by atoms with Crippen molar-refractivity contribution in [2.75, 3.05) is 39.0 Å². The fourth-order valence-electron chi connectivity index (χ4n) is 3.29. The highest BCUT2D eigenvalue weighted by molar-refractivity contribution is 5.87. The summed E-state index contributed by atoms with van der Waals surface area (Å²) < 4.78 is 0. The van der Waals surface area contributed by atoms with Crippen LogP contribution in [0.3, 0.4) is 0 Å². The highest BCUT2D eigenvalue weighted by Crippen LogP contribution is 2.20. The summed E-state index contributed by atoms with van der Waals surface area (Å²) in [5.41, 5.74) is 2.27. The number of nitrogens with one attached hydrogen (secondary N) is 2. The molecular weight excluding hydrogens is 354 g/mol. The third-order valence-electron chi connectivity index (χ3n) is 4.74. The van der Waals surface area contributed by atoms with E-state index >= 15 is 0 Å². The van der Waals surface area contributed by atoms with E-state index in [1.807, 2.05) is 48.2 Å². The van der Waals surface area contributed by atoms with Crippen LogP contribution in [0.15, 0.2) is 53.7 Å². The van der Waals surface area contributed by atoms with E-state index in [-0.39, 0.29) is 17.5 Å². The van der Waals surface area contributed by atoms with Gasteiger partial charge >= 0.3 is 0 Å². The van der Waals surface area contributed by atoms with Gasteiger partial charge in [-0.2, -0.15) is 0 Å². The summed E-state index contributed by atoms with van der Waals surface area (Å²) in [6, 6.07) is 5.71. The van der Waals surface area contributed by atoms with Gasteiger partial charge in [-0.05, 0) is 50.7 Å². The van der Waals surface area contributed by atoms with Gasteiger partial charge in [-0.3, -0.25) is 14.6 Å². The van der Waals surface area contributed by atoms with Crippen LogP contribution in [0.1, 0.15) is 12.8 Å². The molecule has 1 amide bonds. The van der Waals surface area contributed by atoms with E-state index in [4.69, 9.17) is 0 Å². The first-order valence-electron chi connectivity index (χ1n) is 9.53. The van der Waals surface area contributed by atoms with Crippen LogP contribution in [-0.4, -0.2) is 65.4 Å². The zero-order valence-corrected chi connectivity index (χ0v) is 16.4. The Hall–Kier alpha value is -2.93. The highest BCUT2D eigenvalue weighted by atomic mass is 16.2. The molecule has 0 radical (unpaired) electrons. The number of anilines is 1. The number of aromatic amines is 1. The number of H-pyrrole nitrogens is 1. The summed E-state index contributed by atoms with van der Waals surface area (Å²) in [5, 5.41) is 3.33. The zero-order chi connectivity index (χ0) is 19.9. The van der Waals surface area contributed by atoms with E-state index in [1.54, 1.807) is 24.7 Å². The Morgan fingerprint density at radius 2 is 2.14 bits per heavy atom. The van der Waals surface area contributed by atoms with Gasteiger partial charge in [0.2, 0.25) is 5.91 Å². The molecule has 3 heterocycles. The summed E-state index contributed by atoms with van der Waals surface area (Å²) in [5.74, 6) is 0.0211. The van der Waals surface area contributed by atoms with Crippen LogP contribution >= 0.6 is 0 Å². The molecule has 1 atom stereocenters. The standard InChI is InChI=1S/C21H27N5O2/c1-25(2)11-4-6-20(27)26-12-3-5-18(15-26)24-19-13-17(14-23-21(19)28)16-7-9-22-10-8-16/h4,6-10,13-14,18,24H,3,5,11-12,15H2,1-2H3,(H,23,28)/b6-4+/t18-/m1/s1. The number of piperidine rings is 1. The van der Waals surface area contributed by atoms with Crippen molar-refractivity contribution < 1.29 is 4.79 Å². The third-order valence-corrected chi connectivity index (χ3v) is 4.74. The van der Waals surface area contributed by atoms with Gasteiger partial charge in [0.1, 0.15) is 5.69 Å². The molecule has 1 fully saturated rings. The molecule has 1 aliphatic heterocycles. The number of likely N-dealkylation sites (N-methyl/N-ethyl adjacent to an activating group) is 1. The van der Waals surface area contributed by atoms with Gasteiger partial charge < -0.3 is 20.1 Å². The smallest absolute Gasteiger partial charge is 0.271 e. The highest BCUT2D eigenvalue weighted by Gasteiger charge is 2.23. The first kappa shape index (κ1) is 19.8. The largest absolute Gasteiger partial charge is 0.376 e. The summed E-state index contributed by atoms with van der Waals surface area (Å²) in [7, 11) is 3.93. The van der Waals surface area contributed by atoms with E-state index in [9.17, 15) is 9.59 Å². The van der Waals surface area contributed by atoms with Crippen LogP contribution < -0.4 is 10.9 Å². The number of pyridine rings is 2. The van der Waals surface area contributed by atoms with E-state index in [1.165, 1.54) is 0 Å². The molecule has 0 unspecified atom stereocenters. The van der Waals surface area contributed by atoms with E-state index < -0.39 is 0 Å². The normalized spacial score (nSPS) is 17.2. The molecule has 148 valence electrons. The number of rotatable bonds is 6. The van der Waals surface area contributed by atoms with E-state index in [0.717, 1.165) is 37.1 Å². The van der Waals surface area contributed by atoms with Crippen LogP contribution in [0.2, 0.25) is 0 Å². The monoisotopic (exact) mass is 381 g/mol. The molecule has 0 aliphatic carbocycles. The maximum Gasteiger partial charge on any atom is 0.271 e. The number of aromatic nitrogens is 2. The third kappa shape index (κ3) is 5.29. The molecular formula is C21H27N5O2. The second kappa shape index (κ2) is 9.32. The number of hydrogen-bond donors (Lipinski definition) is 2. The molecule has 7 nitrogen and oxygen atoms in total. The zero-order valence-electron chi connectivity index (χ0n) is 16.4. The second-order valence-corrected chi connectivity index (χ2v) is 7.30. The minimum Gasteiger partial charge on any atom is -0.376 e. The molecule has 2 aromatic heterocycles. The predicted octanol–water partition coefficient (Wildman–Crippen LogP) is 1.96. The van der Waals surface area contributed by atoms with Crippen LogP contribution in [0.25, 0.3) is 11.1 Å². The Morgan fingerprint density at radius 1 is 1.36 bits per heavy atom. The molecule has 0 bridgehead atoms. The van der Waals surface area contributed by atoms with Crippen LogP contribution in [0.4, 0.5) is 5.69 Å². The molecule has 0 aromatic carbocycles. The average molecular weight is 381 g/mol. The lowest BCUT2D eigenvalue weighted by atomic mass is 10.0. The SMILES string of the molecule is CN(C)C/C=C/C(=O)N1CCC[C@@H](Nc2cc(-c3ccncc3)c[nH]c2=O)C1. The lowest BCUT2D eigenvalue weighted by Gasteiger charge is -2.33. The van der Waals surface area contributed by atoms with Gasteiger partial charge in [0, 0.05) is 55.9 Å². The molecule has 3 rings (SSSR count). The summed E-state index contributed by atoms with van der Waals surface area (Å²) in [6.45, 7) is 2.07. The Morgan fingerprint density at radius 3 is 2.89 bits per heavy atom. The molecule has 0 spiro atoms. The minimum absolute atomic E-state index is 0.0211. The van der Waals surface area contributed by atoms with Crippen molar-refractivity contribution in [3.05, 3.63) is 59.3 Å². The summed E-state index contributed by atoms with van der Waals surface area (Å²) in [6.07, 6.45) is 10.5. The van der Waals surface area contributed by atoms with Crippen molar-refractivity contribution in [3.8, 4) is 11.1 Å². The first-order chi connectivity index (χ1) is 13.5. The van der Waals surface area contributed by atoms with Crippen LogP contribution in [0, 0.1) is 0 Å². The molecule has 7 heteroatoms. The number of nitrogens with zero attached hydrogens (tertiary/aromatic N) is 3. The van der Waals surface area contributed by atoms with Gasteiger partial charge in [-0.1, -0.05) is 6.08 Å². The average Bonchev–Trinajstić information content (AvgIpc) is 2.70. The minimum atomic E-state index is -0.160. The van der Waals surface area contributed by atoms with Crippen LogP contribution in [0.5, 0.6) is 0 Å². The van der Waals surface area contributed by atoms with Gasteiger partial charge in [0.05, 0.1) is 0 Å². The van der Waals surface area contributed by atoms with Crippen molar-refractivity contribution >= 4 is 11.6 Å². The topological polar surface area (TPSA) is 81.3 Å². The van der Waals surface area contributed by atoms with Crippen molar-refractivity contribution in [1.29, 1.82) is 0 Å². The second-order valence-electron chi connectivity index (χ2n) is 7.30. The van der Waals surface area contributed by atoms with Gasteiger partial charge in [0.15, 0.2) is 0 Å². The van der Waals surface area contributed by atoms with E-state index in [2.05, 4.69) is 15.3 Å². The number of hydrogen-bond acceptors (Lipinski definition) is 5. The Bertz CT molecular complexity index is 876. The van der Waals surface area contributed by atoms with Crippen LogP contribution in [-0.2, 0) is 4.79 Å². The number of carbonyl (C=O) groups is 1. The number of likely N-dealkylation sites (tertiary alicyclic amines) is 1. The van der Waals surface area contributed by atoms with Gasteiger partial charge in [-0.25, -0.2) is 0 Å². The molecule has 0 saturated carbocycles. The quantitative estimate of drug-likeness (QED) is 0.748. The fourth-order valence-corrected chi connectivity index (χ4v) is 3.29.